The Morgan fingerprint density at radius 2 is 1.43 bits per heavy atom. The van der Waals surface area contributed by atoms with Crippen molar-refractivity contribution < 1.29 is 42.9 Å². The van der Waals surface area contributed by atoms with Crippen molar-refractivity contribution in [2.24, 2.45) is 17.6 Å². The first-order chi connectivity index (χ1) is 18.9. The van der Waals surface area contributed by atoms with Crippen molar-refractivity contribution in [1.29, 1.82) is 0 Å². The highest BCUT2D eigenvalue weighted by atomic mass is 16.7. The Kier molecular flexibility index (Phi) is 16.6. The van der Waals surface area contributed by atoms with Gasteiger partial charge in [-0.1, -0.05) is 53.5 Å². The van der Waals surface area contributed by atoms with Gasteiger partial charge in [-0.15, -0.1) is 0 Å². The topological polar surface area (TPSA) is 140 Å². The van der Waals surface area contributed by atoms with Crippen molar-refractivity contribution in [1.82, 2.24) is 0 Å². The van der Waals surface area contributed by atoms with E-state index in [0.29, 0.717) is 30.2 Å². The molecule has 10 nitrogen and oxygen atoms in total. The molecular weight excluding hydrogens is 518 g/mol. The summed E-state index contributed by atoms with van der Waals surface area (Å²) in [5.41, 5.74) is 6.63. The van der Waals surface area contributed by atoms with Gasteiger partial charge in [-0.2, -0.15) is 0 Å². The van der Waals surface area contributed by atoms with Gasteiger partial charge >= 0.3 is 24.1 Å². The maximum atomic E-state index is 12.5. The molecule has 0 bridgehead atoms. The largest absolute Gasteiger partial charge is 0.508 e. The average Bonchev–Trinajstić information content (AvgIpc) is 2.88. The summed E-state index contributed by atoms with van der Waals surface area (Å²) in [6.07, 6.45) is 3.02. The zero-order valence-electron chi connectivity index (χ0n) is 24.9. The molecule has 1 aromatic rings. The first-order valence-corrected chi connectivity index (χ1v) is 14.2. The van der Waals surface area contributed by atoms with Crippen LogP contribution >= 0.6 is 0 Å². The molecule has 0 saturated heterocycles. The minimum absolute atomic E-state index is 0.0751. The Bertz CT molecular complexity index is 945. The summed E-state index contributed by atoms with van der Waals surface area (Å²) >= 11 is 0. The van der Waals surface area contributed by atoms with Crippen molar-refractivity contribution >= 4 is 24.1 Å². The molecule has 0 amide bonds. The minimum Gasteiger partial charge on any atom is -0.461 e. The molecule has 2 atom stereocenters. The SMILES string of the molecule is CCCCCOC(=O)O[C@@H](C)COC(=O)[C@@H](N)Cc1ccc(OC(=O)CCC(C)C)c(OC(=O)CCC(C)C)c1. The van der Waals surface area contributed by atoms with E-state index in [1.165, 1.54) is 12.1 Å². The molecule has 40 heavy (non-hydrogen) atoms. The van der Waals surface area contributed by atoms with Crippen molar-refractivity contribution in [3.63, 3.8) is 0 Å². The van der Waals surface area contributed by atoms with Gasteiger partial charge in [0.25, 0.3) is 0 Å². The lowest BCUT2D eigenvalue weighted by Crippen LogP contribution is -2.36. The Labute approximate surface area is 238 Å². The lowest BCUT2D eigenvalue weighted by molar-refractivity contribution is -0.148. The highest BCUT2D eigenvalue weighted by Crippen LogP contribution is 2.30. The molecule has 0 aliphatic rings. The van der Waals surface area contributed by atoms with Gasteiger partial charge in [-0.3, -0.25) is 14.4 Å². The average molecular weight is 566 g/mol. The standard InChI is InChI=1S/C30H47NO9/c1-7-8-9-16-36-30(35)38-22(6)19-37-29(34)24(31)17-23-12-13-25(39-27(32)14-10-20(2)3)26(18-23)40-28(33)15-11-21(4)5/h12-13,18,20-22,24H,7-11,14-17,19,31H2,1-6H3/t22-,24-/m0/s1. The maximum Gasteiger partial charge on any atom is 0.508 e. The van der Waals surface area contributed by atoms with E-state index in [0.717, 1.165) is 19.3 Å². The Hall–Kier alpha value is -3.14. The molecular formula is C30H47NO9. The molecule has 1 aromatic carbocycles. The van der Waals surface area contributed by atoms with E-state index < -0.39 is 36.2 Å². The molecule has 1 rings (SSSR count). The number of benzene rings is 1. The third-order valence-corrected chi connectivity index (χ3v) is 5.79. The predicted octanol–water partition coefficient (Wildman–Crippen LogP) is 5.51. The second kappa shape index (κ2) is 19.0. The summed E-state index contributed by atoms with van der Waals surface area (Å²) in [7, 11) is 0. The van der Waals surface area contributed by atoms with Crippen LogP contribution in [0.2, 0.25) is 0 Å². The number of nitrogens with two attached hydrogens (primary N) is 1. The van der Waals surface area contributed by atoms with E-state index >= 15 is 0 Å². The Balaban J connectivity index is 2.77. The van der Waals surface area contributed by atoms with Crippen LogP contribution < -0.4 is 15.2 Å². The Morgan fingerprint density at radius 1 is 0.825 bits per heavy atom. The predicted molar refractivity (Wildman–Crippen MR) is 150 cm³/mol. The summed E-state index contributed by atoms with van der Waals surface area (Å²) in [6, 6.07) is 3.67. The third kappa shape index (κ3) is 15.5. The fraction of sp³-hybridized carbons (Fsp3) is 0.667. The van der Waals surface area contributed by atoms with Crippen molar-refractivity contribution in [2.75, 3.05) is 13.2 Å². The number of hydrogen-bond acceptors (Lipinski definition) is 10. The van der Waals surface area contributed by atoms with Gasteiger partial charge in [0.2, 0.25) is 0 Å². The minimum atomic E-state index is -1.03. The molecule has 0 fully saturated rings. The van der Waals surface area contributed by atoms with E-state index in [1.54, 1.807) is 13.0 Å². The molecule has 0 heterocycles. The van der Waals surface area contributed by atoms with Crippen LogP contribution in [-0.4, -0.2) is 49.4 Å². The Morgan fingerprint density at radius 3 is 2.00 bits per heavy atom. The number of esters is 3. The van der Waals surface area contributed by atoms with Crippen LogP contribution in [0.3, 0.4) is 0 Å². The molecule has 0 aliphatic heterocycles. The molecule has 0 aromatic heterocycles. The molecule has 0 aliphatic carbocycles. The highest BCUT2D eigenvalue weighted by molar-refractivity contribution is 5.77. The number of hydrogen-bond donors (Lipinski definition) is 1. The van der Waals surface area contributed by atoms with Crippen LogP contribution in [0.1, 0.15) is 92.1 Å². The lowest BCUT2D eigenvalue weighted by atomic mass is 10.1. The van der Waals surface area contributed by atoms with Gasteiger partial charge in [0.1, 0.15) is 18.8 Å². The van der Waals surface area contributed by atoms with E-state index in [1.807, 2.05) is 34.6 Å². The van der Waals surface area contributed by atoms with Crippen LogP contribution in [0.4, 0.5) is 4.79 Å². The van der Waals surface area contributed by atoms with Crippen LogP contribution in [0.5, 0.6) is 11.5 Å². The lowest BCUT2D eigenvalue weighted by Gasteiger charge is -2.17. The van der Waals surface area contributed by atoms with Gasteiger partial charge in [0.05, 0.1) is 6.61 Å². The third-order valence-electron chi connectivity index (χ3n) is 5.79. The molecule has 226 valence electrons. The molecule has 10 heteroatoms. The number of carbonyl (C=O) groups is 4. The summed E-state index contributed by atoms with van der Waals surface area (Å²) in [4.78, 5) is 48.9. The molecule has 0 saturated carbocycles. The van der Waals surface area contributed by atoms with E-state index in [4.69, 9.17) is 29.4 Å². The van der Waals surface area contributed by atoms with Crippen molar-refractivity contribution in [2.45, 2.75) is 105 Å². The van der Waals surface area contributed by atoms with E-state index in [9.17, 15) is 19.2 Å². The van der Waals surface area contributed by atoms with E-state index in [-0.39, 0.29) is 44.0 Å². The molecule has 0 radical (unpaired) electrons. The van der Waals surface area contributed by atoms with Gasteiger partial charge < -0.3 is 29.4 Å². The van der Waals surface area contributed by atoms with Gasteiger partial charge in [-0.05, 0) is 62.1 Å². The molecule has 0 unspecified atom stereocenters. The second-order valence-electron chi connectivity index (χ2n) is 10.8. The first-order valence-electron chi connectivity index (χ1n) is 14.2. The van der Waals surface area contributed by atoms with Crippen LogP contribution in [0, 0.1) is 11.8 Å². The monoisotopic (exact) mass is 565 g/mol. The van der Waals surface area contributed by atoms with Crippen molar-refractivity contribution in [3.05, 3.63) is 23.8 Å². The van der Waals surface area contributed by atoms with Crippen LogP contribution in [-0.2, 0) is 35.0 Å². The highest BCUT2D eigenvalue weighted by Gasteiger charge is 2.21. The number of rotatable bonds is 18. The second-order valence-corrected chi connectivity index (χ2v) is 10.8. The first kappa shape index (κ1) is 34.9. The molecule has 0 spiro atoms. The summed E-state index contributed by atoms with van der Waals surface area (Å²) in [5, 5.41) is 0. The fourth-order valence-corrected chi connectivity index (χ4v) is 3.39. The molecule has 2 N–H and O–H groups in total. The normalized spacial score (nSPS) is 12.5. The number of unbranched alkanes of at least 4 members (excludes halogenated alkanes) is 2. The zero-order chi connectivity index (χ0) is 30.1. The summed E-state index contributed by atoms with van der Waals surface area (Å²) in [5.74, 6) is -0.701. The fourth-order valence-electron chi connectivity index (χ4n) is 3.39. The number of ether oxygens (including phenoxy) is 5. The maximum absolute atomic E-state index is 12.5. The summed E-state index contributed by atoms with van der Waals surface area (Å²) < 4.78 is 26.3. The summed E-state index contributed by atoms with van der Waals surface area (Å²) in [6.45, 7) is 11.7. The van der Waals surface area contributed by atoms with Gasteiger partial charge in [0.15, 0.2) is 11.5 Å². The smallest absolute Gasteiger partial charge is 0.461 e. The van der Waals surface area contributed by atoms with Gasteiger partial charge in [-0.25, -0.2) is 4.79 Å². The van der Waals surface area contributed by atoms with Gasteiger partial charge in [0, 0.05) is 12.8 Å². The van der Waals surface area contributed by atoms with Crippen molar-refractivity contribution in [3.8, 4) is 11.5 Å². The quantitative estimate of drug-likeness (QED) is 0.137. The van der Waals surface area contributed by atoms with E-state index in [2.05, 4.69) is 0 Å². The van der Waals surface area contributed by atoms with Crippen LogP contribution in [0.15, 0.2) is 18.2 Å². The number of carbonyl (C=O) groups excluding carboxylic acids is 4. The zero-order valence-corrected chi connectivity index (χ0v) is 24.9. The van der Waals surface area contributed by atoms with Crippen LogP contribution in [0.25, 0.3) is 0 Å².